The van der Waals surface area contributed by atoms with Crippen LogP contribution in [0.15, 0.2) is 87.8 Å². The largest absolute Gasteiger partial charge is 0.272 e. The second kappa shape index (κ2) is 10.7. The lowest BCUT2D eigenvalue weighted by atomic mass is 10.1. The molecule has 0 fully saturated rings. The first-order valence-corrected chi connectivity index (χ1v) is 12.0. The smallest absolute Gasteiger partial charge is 0.250 e. The Labute approximate surface area is 208 Å². The van der Waals surface area contributed by atoms with Crippen LogP contribution in [-0.2, 0) is 4.79 Å². The molecular formula is C23H18BrClN6OS. The van der Waals surface area contributed by atoms with Crippen LogP contribution in [0, 0.1) is 0 Å². The van der Waals surface area contributed by atoms with Gasteiger partial charge in [0.15, 0.2) is 11.0 Å². The third-order valence-corrected chi connectivity index (χ3v) is 6.39. The van der Waals surface area contributed by atoms with Crippen LogP contribution in [0.1, 0.15) is 12.5 Å². The van der Waals surface area contributed by atoms with Gasteiger partial charge < -0.3 is 0 Å². The zero-order chi connectivity index (χ0) is 23.2. The molecule has 4 rings (SSSR count). The minimum Gasteiger partial charge on any atom is -0.272 e. The molecule has 0 aliphatic heterocycles. The van der Waals surface area contributed by atoms with Crippen LogP contribution in [0.2, 0.25) is 5.02 Å². The maximum atomic E-state index is 12.5. The molecule has 2 aromatic heterocycles. The third kappa shape index (κ3) is 5.68. The van der Waals surface area contributed by atoms with Crippen molar-refractivity contribution in [3.05, 3.63) is 88.1 Å². The Kier molecular flexibility index (Phi) is 7.54. The SMILES string of the molecule is C/C(=N\NC(=O)CSc1nnc(-c2ccncc2)n1-c1ccc(Br)cc1)c1ccccc1Cl. The molecule has 0 aliphatic rings. The number of nitrogens with zero attached hydrogens (tertiary/aromatic N) is 5. The lowest BCUT2D eigenvalue weighted by Gasteiger charge is -2.10. The van der Waals surface area contributed by atoms with E-state index in [4.69, 9.17) is 11.6 Å². The summed E-state index contributed by atoms with van der Waals surface area (Å²) in [6, 6.07) is 18.9. The van der Waals surface area contributed by atoms with Crippen LogP contribution in [0.5, 0.6) is 0 Å². The molecule has 1 amide bonds. The second-order valence-electron chi connectivity index (χ2n) is 6.85. The van der Waals surface area contributed by atoms with Gasteiger partial charge in [-0.2, -0.15) is 5.10 Å². The number of aromatic nitrogens is 4. The molecule has 10 heteroatoms. The summed E-state index contributed by atoms with van der Waals surface area (Å²) in [6.07, 6.45) is 3.41. The number of pyridine rings is 1. The van der Waals surface area contributed by atoms with Crippen molar-refractivity contribution in [2.45, 2.75) is 12.1 Å². The van der Waals surface area contributed by atoms with Gasteiger partial charge in [-0.15, -0.1) is 10.2 Å². The monoisotopic (exact) mass is 540 g/mol. The van der Waals surface area contributed by atoms with Crippen molar-refractivity contribution >= 4 is 50.9 Å². The van der Waals surface area contributed by atoms with E-state index in [1.807, 2.05) is 59.2 Å². The zero-order valence-electron chi connectivity index (χ0n) is 17.4. The van der Waals surface area contributed by atoms with Crippen molar-refractivity contribution in [1.29, 1.82) is 0 Å². The fourth-order valence-corrected chi connectivity index (χ4v) is 4.28. The summed E-state index contributed by atoms with van der Waals surface area (Å²) in [5.41, 5.74) is 5.72. The summed E-state index contributed by atoms with van der Waals surface area (Å²) in [5, 5.41) is 14.0. The van der Waals surface area contributed by atoms with Crippen molar-refractivity contribution in [2.24, 2.45) is 5.10 Å². The Balaban J connectivity index is 1.53. The summed E-state index contributed by atoms with van der Waals surface area (Å²) in [4.78, 5) is 16.5. The lowest BCUT2D eigenvalue weighted by Crippen LogP contribution is -2.21. The number of amides is 1. The molecule has 0 saturated carbocycles. The normalized spacial score (nSPS) is 11.4. The molecule has 0 spiro atoms. The van der Waals surface area contributed by atoms with Crippen LogP contribution in [0.25, 0.3) is 17.1 Å². The maximum absolute atomic E-state index is 12.5. The number of rotatable bonds is 7. The molecule has 166 valence electrons. The standard InChI is InChI=1S/C23H18BrClN6OS/c1-15(19-4-2-3-5-20(19)25)27-28-21(32)14-33-23-30-29-22(16-10-12-26-13-11-16)31(23)18-8-6-17(24)7-9-18/h2-13H,14H2,1H3,(H,28,32)/b27-15+. The Morgan fingerprint density at radius 3 is 2.55 bits per heavy atom. The quantitative estimate of drug-likeness (QED) is 0.193. The molecule has 0 atom stereocenters. The minimum absolute atomic E-state index is 0.115. The molecular weight excluding hydrogens is 524 g/mol. The summed E-state index contributed by atoms with van der Waals surface area (Å²) in [6.45, 7) is 1.79. The van der Waals surface area contributed by atoms with Crippen molar-refractivity contribution in [1.82, 2.24) is 25.2 Å². The van der Waals surface area contributed by atoms with Gasteiger partial charge in [-0.1, -0.05) is 57.5 Å². The maximum Gasteiger partial charge on any atom is 0.250 e. The van der Waals surface area contributed by atoms with E-state index < -0.39 is 0 Å². The Morgan fingerprint density at radius 2 is 1.82 bits per heavy atom. The van der Waals surface area contributed by atoms with Crippen LogP contribution < -0.4 is 5.43 Å². The van der Waals surface area contributed by atoms with Gasteiger partial charge in [0.05, 0.1) is 11.5 Å². The molecule has 4 aromatic rings. The molecule has 33 heavy (non-hydrogen) atoms. The van der Waals surface area contributed by atoms with E-state index in [2.05, 4.69) is 41.6 Å². The average molecular weight is 542 g/mol. The second-order valence-corrected chi connectivity index (χ2v) is 9.12. The summed E-state index contributed by atoms with van der Waals surface area (Å²) in [7, 11) is 0. The molecule has 0 bridgehead atoms. The van der Waals surface area contributed by atoms with E-state index in [0.29, 0.717) is 21.7 Å². The molecule has 0 aliphatic carbocycles. The Morgan fingerprint density at radius 1 is 1.09 bits per heavy atom. The van der Waals surface area contributed by atoms with Gasteiger partial charge in [0.1, 0.15) is 0 Å². The number of hydrogen-bond donors (Lipinski definition) is 1. The minimum atomic E-state index is -0.262. The molecule has 7 nitrogen and oxygen atoms in total. The molecule has 0 radical (unpaired) electrons. The lowest BCUT2D eigenvalue weighted by molar-refractivity contribution is -0.118. The fourth-order valence-electron chi connectivity index (χ4n) is 3.00. The van der Waals surface area contributed by atoms with Crippen molar-refractivity contribution < 1.29 is 4.79 Å². The number of hydrazone groups is 1. The van der Waals surface area contributed by atoms with Crippen molar-refractivity contribution in [2.75, 3.05) is 5.75 Å². The van der Waals surface area contributed by atoms with Crippen LogP contribution in [0.3, 0.4) is 0 Å². The third-order valence-electron chi connectivity index (χ3n) is 4.60. The number of benzene rings is 2. The highest BCUT2D eigenvalue weighted by Gasteiger charge is 2.17. The van der Waals surface area contributed by atoms with E-state index >= 15 is 0 Å². The van der Waals surface area contributed by atoms with Gasteiger partial charge in [0.2, 0.25) is 0 Å². The van der Waals surface area contributed by atoms with Gasteiger partial charge in [-0.25, -0.2) is 5.43 Å². The van der Waals surface area contributed by atoms with E-state index in [9.17, 15) is 4.79 Å². The first-order valence-electron chi connectivity index (χ1n) is 9.85. The highest BCUT2D eigenvalue weighted by Crippen LogP contribution is 2.28. The Bertz CT molecular complexity index is 1290. The predicted molar refractivity (Wildman–Crippen MR) is 135 cm³/mol. The average Bonchev–Trinajstić information content (AvgIpc) is 3.26. The van der Waals surface area contributed by atoms with Crippen LogP contribution in [-0.4, -0.2) is 37.1 Å². The molecule has 2 heterocycles. The van der Waals surface area contributed by atoms with Crippen LogP contribution >= 0.6 is 39.3 Å². The highest BCUT2D eigenvalue weighted by molar-refractivity contribution is 9.10. The number of carbonyl (C=O) groups excluding carboxylic acids is 1. The number of thioether (sulfide) groups is 1. The van der Waals surface area contributed by atoms with E-state index in [1.165, 1.54) is 11.8 Å². The fraction of sp³-hybridized carbons (Fsp3) is 0.0870. The zero-order valence-corrected chi connectivity index (χ0v) is 20.6. The van der Waals surface area contributed by atoms with Crippen molar-refractivity contribution in [3.8, 4) is 17.1 Å². The van der Waals surface area contributed by atoms with Gasteiger partial charge in [-0.05, 0) is 49.4 Å². The summed E-state index contributed by atoms with van der Waals surface area (Å²) < 4.78 is 2.88. The molecule has 1 N–H and O–H groups in total. The number of carbonyl (C=O) groups is 1. The van der Waals surface area contributed by atoms with Gasteiger partial charge in [0, 0.05) is 38.7 Å². The van der Waals surface area contributed by atoms with Gasteiger partial charge in [0.25, 0.3) is 5.91 Å². The topological polar surface area (TPSA) is 85.1 Å². The first-order chi connectivity index (χ1) is 16.0. The molecule has 0 unspecified atom stereocenters. The van der Waals surface area contributed by atoms with Crippen LogP contribution in [0.4, 0.5) is 0 Å². The number of hydrogen-bond acceptors (Lipinski definition) is 6. The molecule has 0 saturated heterocycles. The van der Waals surface area contributed by atoms with E-state index in [0.717, 1.165) is 21.3 Å². The summed E-state index contributed by atoms with van der Waals surface area (Å²) >= 11 is 10.9. The number of nitrogens with one attached hydrogen (secondary N) is 1. The highest BCUT2D eigenvalue weighted by atomic mass is 79.9. The first kappa shape index (κ1) is 23.2. The van der Waals surface area contributed by atoms with Crippen molar-refractivity contribution in [3.63, 3.8) is 0 Å². The van der Waals surface area contributed by atoms with Gasteiger partial charge in [-0.3, -0.25) is 14.3 Å². The predicted octanol–water partition coefficient (Wildman–Crippen LogP) is 5.38. The Hall–Kier alpha value is -3.01. The van der Waals surface area contributed by atoms with E-state index in [1.54, 1.807) is 25.4 Å². The van der Waals surface area contributed by atoms with E-state index in [-0.39, 0.29) is 11.7 Å². The van der Waals surface area contributed by atoms with Gasteiger partial charge >= 0.3 is 0 Å². The number of halogens is 2. The summed E-state index contributed by atoms with van der Waals surface area (Å²) in [5.74, 6) is 0.516. The molecule has 2 aromatic carbocycles.